The van der Waals surface area contributed by atoms with E-state index >= 15 is 0 Å². The van der Waals surface area contributed by atoms with Crippen molar-refractivity contribution in [3.8, 4) is 0 Å². The van der Waals surface area contributed by atoms with Gasteiger partial charge in [-0.05, 0) is 18.8 Å². The summed E-state index contributed by atoms with van der Waals surface area (Å²) in [6, 6.07) is 0. The predicted octanol–water partition coefficient (Wildman–Crippen LogP) is 1.60. The fourth-order valence-electron chi connectivity index (χ4n) is 2.00. The molecule has 1 heteroatoms. The maximum Gasteiger partial charge on any atom is 0.0639 e. The van der Waals surface area contributed by atoms with Crippen LogP contribution in [0.15, 0.2) is 12.2 Å². The van der Waals surface area contributed by atoms with Crippen LogP contribution in [0.1, 0.15) is 12.8 Å². The third-order valence-corrected chi connectivity index (χ3v) is 2.52. The van der Waals surface area contributed by atoms with E-state index in [0.717, 1.165) is 11.8 Å². The lowest BCUT2D eigenvalue weighted by Gasteiger charge is -2.14. The van der Waals surface area contributed by atoms with Crippen molar-refractivity contribution in [2.75, 3.05) is 7.11 Å². The lowest BCUT2D eigenvalue weighted by Crippen LogP contribution is -2.15. The summed E-state index contributed by atoms with van der Waals surface area (Å²) >= 11 is 0. The Balaban J connectivity index is 2.10. The van der Waals surface area contributed by atoms with E-state index < -0.39 is 0 Å². The molecule has 0 N–H and O–H groups in total. The molecule has 1 saturated carbocycles. The van der Waals surface area contributed by atoms with E-state index in [1.807, 2.05) is 7.11 Å². The Kier molecular flexibility index (Phi) is 1.12. The molecule has 0 amide bonds. The zero-order chi connectivity index (χ0) is 6.27. The average Bonchev–Trinajstić information content (AvgIpc) is 2.45. The highest BCUT2D eigenvalue weighted by Gasteiger charge is 2.35. The van der Waals surface area contributed by atoms with Gasteiger partial charge >= 0.3 is 0 Å². The van der Waals surface area contributed by atoms with Crippen molar-refractivity contribution in [1.82, 2.24) is 0 Å². The molecule has 2 aliphatic rings. The Morgan fingerprint density at radius 3 is 2.56 bits per heavy atom. The molecule has 0 aromatic carbocycles. The van der Waals surface area contributed by atoms with Gasteiger partial charge in [0, 0.05) is 13.0 Å². The second-order valence-electron chi connectivity index (χ2n) is 3.05. The largest absolute Gasteiger partial charge is 0.381 e. The van der Waals surface area contributed by atoms with Crippen LogP contribution in [0, 0.1) is 11.8 Å². The average molecular weight is 124 g/mol. The van der Waals surface area contributed by atoms with Crippen molar-refractivity contribution in [2.24, 2.45) is 11.8 Å². The van der Waals surface area contributed by atoms with E-state index in [-0.39, 0.29) is 0 Å². The molecule has 9 heavy (non-hydrogen) atoms. The molecule has 0 unspecified atom stereocenters. The fraction of sp³-hybridized carbons (Fsp3) is 0.750. The van der Waals surface area contributed by atoms with Gasteiger partial charge in [-0.1, -0.05) is 12.2 Å². The SMILES string of the molecule is CO[C@@H]1C[C@H]2C=C[C@H]1C2. The molecule has 2 rings (SSSR count). The van der Waals surface area contributed by atoms with E-state index in [2.05, 4.69) is 12.2 Å². The van der Waals surface area contributed by atoms with E-state index in [0.29, 0.717) is 6.10 Å². The summed E-state index contributed by atoms with van der Waals surface area (Å²) < 4.78 is 5.29. The Hall–Kier alpha value is -0.300. The van der Waals surface area contributed by atoms with Gasteiger partial charge in [0.1, 0.15) is 0 Å². The minimum Gasteiger partial charge on any atom is -0.381 e. The van der Waals surface area contributed by atoms with Crippen LogP contribution in [0.25, 0.3) is 0 Å². The maximum absolute atomic E-state index is 5.29. The quantitative estimate of drug-likeness (QED) is 0.482. The van der Waals surface area contributed by atoms with Gasteiger partial charge in [0.05, 0.1) is 6.10 Å². The van der Waals surface area contributed by atoms with Crippen LogP contribution in [-0.2, 0) is 4.74 Å². The number of allylic oxidation sites excluding steroid dienone is 1. The monoisotopic (exact) mass is 124 g/mol. The van der Waals surface area contributed by atoms with Gasteiger partial charge < -0.3 is 4.74 Å². The maximum atomic E-state index is 5.29. The molecule has 0 spiro atoms. The molecule has 0 heterocycles. The molecule has 0 aromatic heterocycles. The Bertz CT molecular complexity index is 140. The van der Waals surface area contributed by atoms with Crippen molar-refractivity contribution in [2.45, 2.75) is 18.9 Å². The first-order chi connectivity index (χ1) is 4.40. The molecule has 1 nitrogen and oxygen atoms in total. The van der Waals surface area contributed by atoms with Crippen molar-refractivity contribution in [1.29, 1.82) is 0 Å². The van der Waals surface area contributed by atoms with E-state index in [1.165, 1.54) is 12.8 Å². The van der Waals surface area contributed by atoms with E-state index in [1.54, 1.807) is 0 Å². The van der Waals surface area contributed by atoms with Crippen LogP contribution in [-0.4, -0.2) is 13.2 Å². The minimum absolute atomic E-state index is 0.542. The predicted molar refractivity (Wildman–Crippen MR) is 36.2 cm³/mol. The Morgan fingerprint density at radius 1 is 1.33 bits per heavy atom. The lowest BCUT2D eigenvalue weighted by molar-refractivity contribution is 0.0825. The summed E-state index contributed by atoms with van der Waals surface area (Å²) in [6.07, 6.45) is 7.79. The minimum atomic E-state index is 0.542. The number of methoxy groups -OCH3 is 1. The van der Waals surface area contributed by atoms with Gasteiger partial charge in [-0.15, -0.1) is 0 Å². The van der Waals surface area contributed by atoms with Gasteiger partial charge in [-0.2, -0.15) is 0 Å². The van der Waals surface area contributed by atoms with Crippen LogP contribution in [0.2, 0.25) is 0 Å². The van der Waals surface area contributed by atoms with Gasteiger partial charge in [-0.25, -0.2) is 0 Å². The number of hydrogen-bond donors (Lipinski definition) is 0. The zero-order valence-electron chi connectivity index (χ0n) is 5.71. The molecule has 50 valence electrons. The highest BCUT2D eigenvalue weighted by atomic mass is 16.5. The van der Waals surface area contributed by atoms with Gasteiger partial charge in [0.15, 0.2) is 0 Å². The van der Waals surface area contributed by atoms with Crippen LogP contribution in [0.4, 0.5) is 0 Å². The normalized spacial score (nSPS) is 46.6. The smallest absolute Gasteiger partial charge is 0.0639 e. The first kappa shape index (κ1) is 5.48. The van der Waals surface area contributed by atoms with Crippen molar-refractivity contribution < 1.29 is 4.74 Å². The summed E-state index contributed by atoms with van der Waals surface area (Å²) in [5.41, 5.74) is 0. The second kappa shape index (κ2) is 1.84. The highest BCUT2D eigenvalue weighted by Crippen LogP contribution is 2.40. The van der Waals surface area contributed by atoms with Gasteiger partial charge in [-0.3, -0.25) is 0 Å². The van der Waals surface area contributed by atoms with Crippen LogP contribution in [0.3, 0.4) is 0 Å². The second-order valence-corrected chi connectivity index (χ2v) is 3.05. The van der Waals surface area contributed by atoms with Crippen LogP contribution in [0.5, 0.6) is 0 Å². The third kappa shape index (κ3) is 0.715. The zero-order valence-corrected chi connectivity index (χ0v) is 5.71. The summed E-state index contributed by atoms with van der Waals surface area (Å²) in [5, 5.41) is 0. The topological polar surface area (TPSA) is 9.23 Å². The molecule has 2 bridgehead atoms. The Labute approximate surface area is 55.7 Å². The number of ether oxygens (including phenoxy) is 1. The van der Waals surface area contributed by atoms with Crippen molar-refractivity contribution in [3.05, 3.63) is 12.2 Å². The van der Waals surface area contributed by atoms with Gasteiger partial charge in [0.25, 0.3) is 0 Å². The molecule has 0 radical (unpaired) electrons. The third-order valence-electron chi connectivity index (χ3n) is 2.52. The molecule has 0 saturated heterocycles. The first-order valence-electron chi connectivity index (χ1n) is 3.61. The number of hydrogen-bond acceptors (Lipinski definition) is 1. The highest BCUT2D eigenvalue weighted by molar-refractivity contribution is 5.10. The summed E-state index contributed by atoms with van der Waals surface area (Å²) in [6.45, 7) is 0. The molecule has 1 fully saturated rings. The number of rotatable bonds is 1. The molecule has 3 atom stereocenters. The van der Waals surface area contributed by atoms with Crippen LogP contribution >= 0.6 is 0 Å². The lowest BCUT2D eigenvalue weighted by atomic mass is 10.1. The van der Waals surface area contributed by atoms with Crippen molar-refractivity contribution >= 4 is 0 Å². The van der Waals surface area contributed by atoms with Crippen LogP contribution < -0.4 is 0 Å². The van der Waals surface area contributed by atoms with Crippen molar-refractivity contribution in [3.63, 3.8) is 0 Å². The number of fused-ring (bicyclic) bond motifs is 2. The molecule has 0 aliphatic heterocycles. The first-order valence-corrected chi connectivity index (χ1v) is 3.61. The van der Waals surface area contributed by atoms with E-state index in [4.69, 9.17) is 4.74 Å². The molecule has 0 aromatic rings. The standard InChI is InChI=1S/C8H12O/c1-9-8-5-6-2-3-7(8)4-6/h2-3,6-8H,4-5H2,1H3/t6-,7-,8+/m0/s1. The molecular formula is C8H12O. The van der Waals surface area contributed by atoms with Gasteiger partial charge in [0.2, 0.25) is 0 Å². The molecule has 2 aliphatic carbocycles. The fourth-order valence-corrected chi connectivity index (χ4v) is 2.00. The summed E-state index contributed by atoms with van der Waals surface area (Å²) in [7, 11) is 1.82. The summed E-state index contributed by atoms with van der Waals surface area (Å²) in [5.74, 6) is 1.60. The Morgan fingerprint density at radius 2 is 2.22 bits per heavy atom. The molecular weight excluding hydrogens is 112 g/mol. The van der Waals surface area contributed by atoms with E-state index in [9.17, 15) is 0 Å². The summed E-state index contributed by atoms with van der Waals surface area (Å²) in [4.78, 5) is 0.